The zero-order valence-electron chi connectivity index (χ0n) is 12.7. The number of ether oxygens (including phenoxy) is 1. The van der Waals surface area contributed by atoms with Gasteiger partial charge in [-0.3, -0.25) is 0 Å². The van der Waals surface area contributed by atoms with Gasteiger partial charge < -0.3 is 9.84 Å². The molecule has 0 saturated heterocycles. The van der Waals surface area contributed by atoms with Gasteiger partial charge in [0.15, 0.2) is 0 Å². The molecule has 0 saturated carbocycles. The third-order valence-electron chi connectivity index (χ3n) is 4.11. The predicted molar refractivity (Wildman–Crippen MR) is 84.8 cm³/mol. The van der Waals surface area contributed by atoms with E-state index in [0.29, 0.717) is 6.61 Å². The lowest BCUT2D eigenvalue weighted by atomic mass is 10.0. The second kappa shape index (κ2) is 5.90. The summed E-state index contributed by atoms with van der Waals surface area (Å²) in [5.41, 5.74) is 6.10. The first-order chi connectivity index (χ1) is 10.1. The molecule has 0 bridgehead atoms. The number of hydrogen-bond acceptors (Lipinski definition) is 2. The van der Waals surface area contributed by atoms with Crippen molar-refractivity contribution in [1.29, 1.82) is 0 Å². The molecule has 1 aliphatic carbocycles. The number of rotatable bonds is 4. The Balaban J connectivity index is 1.66. The molecule has 1 atom stereocenters. The van der Waals surface area contributed by atoms with Crippen molar-refractivity contribution in [3.63, 3.8) is 0 Å². The summed E-state index contributed by atoms with van der Waals surface area (Å²) in [6.45, 7) is 4.39. The van der Waals surface area contributed by atoms with E-state index in [1.807, 2.05) is 32.0 Å². The summed E-state index contributed by atoms with van der Waals surface area (Å²) in [4.78, 5) is 0. The van der Waals surface area contributed by atoms with Gasteiger partial charge >= 0.3 is 0 Å². The maximum absolute atomic E-state index is 10.3. The van der Waals surface area contributed by atoms with Crippen LogP contribution >= 0.6 is 0 Å². The highest BCUT2D eigenvalue weighted by Gasteiger charge is 2.13. The highest BCUT2D eigenvalue weighted by Crippen LogP contribution is 2.27. The van der Waals surface area contributed by atoms with Gasteiger partial charge in [-0.05, 0) is 61.9 Å². The minimum Gasteiger partial charge on any atom is -0.491 e. The molecule has 0 radical (unpaired) electrons. The SMILES string of the molecule is Cc1cc(C)cc(C(O)COc2ccc3c(c2)CCC3)c1. The molecule has 1 unspecified atom stereocenters. The predicted octanol–water partition coefficient (Wildman–Crippen LogP) is 3.90. The average molecular weight is 282 g/mol. The van der Waals surface area contributed by atoms with Crippen LogP contribution in [0.4, 0.5) is 0 Å². The smallest absolute Gasteiger partial charge is 0.119 e. The van der Waals surface area contributed by atoms with E-state index in [9.17, 15) is 5.11 Å². The Morgan fingerprint density at radius 2 is 1.71 bits per heavy atom. The van der Waals surface area contributed by atoms with E-state index in [2.05, 4.69) is 18.2 Å². The highest BCUT2D eigenvalue weighted by molar-refractivity contribution is 5.38. The van der Waals surface area contributed by atoms with Gasteiger partial charge in [0.1, 0.15) is 18.5 Å². The lowest BCUT2D eigenvalue weighted by molar-refractivity contribution is 0.108. The number of aryl methyl sites for hydroxylation is 4. The molecule has 2 heteroatoms. The molecule has 3 rings (SSSR count). The molecule has 2 nitrogen and oxygen atoms in total. The average Bonchev–Trinajstić information content (AvgIpc) is 2.91. The molecule has 0 amide bonds. The third-order valence-corrected chi connectivity index (χ3v) is 4.11. The second-order valence-corrected chi connectivity index (χ2v) is 6.03. The van der Waals surface area contributed by atoms with E-state index in [1.54, 1.807) is 0 Å². The number of aliphatic hydroxyl groups is 1. The molecule has 1 N–H and O–H groups in total. The first kappa shape index (κ1) is 14.2. The number of aliphatic hydroxyl groups excluding tert-OH is 1. The lowest BCUT2D eigenvalue weighted by Gasteiger charge is -2.15. The molecule has 0 spiro atoms. The van der Waals surface area contributed by atoms with E-state index in [4.69, 9.17) is 4.74 Å². The van der Waals surface area contributed by atoms with Crippen LogP contribution in [0.3, 0.4) is 0 Å². The van der Waals surface area contributed by atoms with Gasteiger partial charge in [0.05, 0.1) is 0 Å². The first-order valence-electron chi connectivity index (χ1n) is 7.63. The molecule has 0 fully saturated rings. The van der Waals surface area contributed by atoms with Crippen molar-refractivity contribution in [2.45, 2.75) is 39.2 Å². The normalized spacial score (nSPS) is 14.8. The molecule has 0 aliphatic heterocycles. The number of benzene rings is 2. The first-order valence-corrected chi connectivity index (χ1v) is 7.63. The Kier molecular flexibility index (Phi) is 3.98. The largest absolute Gasteiger partial charge is 0.491 e. The van der Waals surface area contributed by atoms with Crippen LogP contribution < -0.4 is 4.74 Å². The molecular weight excluding hydrogens is 260 g/mol. The Hall–Kier alpha value is -1.80. The van der Waals surface area contributed by atoms with Crippen molar-refractivity contribution in [2.24, 2.45) is 0 Å². The minimum absolute atomic E-state index is 0.293. The lowest BCUT2D eigenvalue weighted by Crippen LogP contribution is -2.10. The van der Waals surface area contributed by atoms with Crippen molar-refractivity contribution in [3.8, 4) is 5.75 Å². The van der Waals surface area contributed by atoms with Crippen LogP contribution in [0, 0.1) is 13.8 Å². The van der Waals surface area contributed by atoms with Crippen molar-refractivity contribution in [1.82, 2.24) is 0 Å². The van der Waals surface area contributed by atoms with Crippen molar-refractivity contribution >= 4 is 0 Å². The topological polar surface area (TPSA) is 29.5 Å². The zero-order chi connectivity index (χ0) is 14.8. The van der Waals surface area contributed by atoms with Crippen LogP contribution in [-0.2, 0) is 12.8 Å². The number of hydrogen-bond donors (Lipinski definition) is 1. The van der Waals surface area contributed by atoms with E-state index < -0.39 is 6.10 Å². The van der Waals surface area contributed by atoms with Gasteiger partial charge in [-0.1, -0.05) is 35.4 Å². The van der Waals surface area contributed by atoms with Crippen LogP contribution in [0.5, 0.6) is 5.75 Å². The fourth-order valence-electron chi connectivity index (χ4n) is 3.11. The maximum Gasteiger partial charge on any atom is 0.119 e. The van der Waals surface area contributed by atoms with Gasteiger partial charge in [-0.2, -0.15) is 0 Å². The van der Waals surface area contributed by atoms with Crippen LogP contribution in [-0.4, -0.2) is 11.7 Å². The molecule has 0 heterocycles. The molecule has 2 aromatic rings. The quantitative estimate of drug-likeness (QED) is 0.921. The molecular formula is C19H22O2. The fourth-order valence-corrected chi connectivity index (χ4v) is 3.11. The van der Waals surface area contributed by atoms with E-state index in [-0.39, 0.29) is 0 Å². The summed E-state index contributed by atoms with van der Waals surface area (Å²) in [6.07, 6.45) is 2.98. The van der Waals surface area contributed by atoms with E-state index in [0.717, 1.165) is 17.7 Å². The summed E-state index contributed by atoms with van der Waals surface area (Å²) in [5.74, 6) is 0.860. The summed E-state index contributed by atoms with van der Waals surface area (Å²) in [7, 11) is 0. The summed E-state index contributed by atoms with van der Waals surface area (Å²) >= 11 is 0. The number of fused-ring (bicyclic) bond motifs is 1. The summed E-state index contributed by atoms with van der Waals surface area (Å²) in [5, 5.41) is 10.3. The van der Waals surface area contributed by atoms with Gasteiger partial charge in [-0.25, -0.2) is 0 Å². The minimum atomic E-state index is -0.586. The van der Waals surface area contributed by atoms with Gasteiger partial charge in [0, 0.05) is 0 Å². The zero-order valence-corrected chi connectivity index (χ0v) is 12.7. The van der Waals surface area contributed by atoms with Crippen LogP contribution in [0.1, 0.15) is 40.3 Å². The molecule has 1 aliphatic rings. The van der Waals surface area contributed by atoms with Crippen LogP contribution in [0.2, 0.25) is 0 Å². The van der Waals surface area contributed by atoms with Gasteiger partial charge in [0.25, 0.3) is 0 Å². The molecule has 2 aromatic carbocycles. The molecule has 21 heavy (non-hydrogen) atoms. The Labute approximate surface area is 126 Å². The molecule has 0 aromatic heterocycles. The van der Waals surface area contributed by atoms with Gasteiger partial charge in [-0.15, -0.1) is 0 Å². The summed E-state index contributed by atoms with van der Waals surface area (Å²) < 4.78 is 5.78. The standard InChI is InChI=1S/C19H22O2/c1-13-8-14(2)10-17(9-13)19(20)12-21-18-7-6-15-4-3-5-16(15)11-18/h6-11,19-20H,3-5,12H2,1-2H3. The van der Waals surface area contributed by atoms with Crippen molar-refractivity contribution < 1.29 is 9.84 Å². The monoisotopic (exact) mass is 282 g/mol. The Morgan fingerprint density at radius 3 is 2.48 bits per heavy atom. The maximum atomic E-state index is 10.3. The fraction of sp³-hybridized carbons (Fsp3) is 0.368. The van der Waals surface area contributed by atoms with E-state index in [1.165, 1.54) is 35.1 Å². The van der Waals surface area contributed by atoms with E-state index >= 15 is 0 Å². The second-order valence-electron chi connectivity index (χ2n) is 6.03. The third kappa shape index (κ3) is 3.27. The van der Waals surface area contributed by atoms with Crippen LogP contribution in [0.15, 0.2) is 36.4 Å². The van der Waals surface area contributed by atoms with Crippen molar-refractivity contribution in [2.75, 3.05) is 6.61 Å². The Morgan fingerprint density at radius 1 is 1.00 bits per heavy atom. The van der Waals surface area contributed by atoms with Gasteiger partial charge in [0.2, 0.25) is 0 Å². The highest BCUT2D eigenvalue weighted by atomic mass is 16.5. The van der Waals surface area contributed by atoms with Crippen LogP contribution in [0.25, 0.3) is 0 Å². The summed E-state index contributed by atoms with van der Waals surface area (Å²) in [6, 6.07) is 12.4. The molecule has 110 valence electrons. The Bertz CT molecular complexity index is 626. The van der Waals surface area contributed by atoms with Crippen molar-refractivity contribution in [3.05, 3.63) is 64.2 Å².